The number of phenolic OH excluding ortho intramolecular Hbond substituents is 1. The summed E-state index contributed by atoms with van der Waals surface area (Å²) in [5, 5.41) is 13.0. The lowest BCUT2D eigenvalue weighted by Crippen LogP contribution is -2.42. The highest BCUT2D eigenvalue weighted by Gasteiger charge is 2.30. The third-order valence-corrected chi connectivity index (χ3v) is 5.37. The van der Waals surface area contributed by atoms with Crippen LogP contribution in [-0.4, -0.2) is 55.1 Å². The van der Waals surface area contributed by atoms with Gasteiger partial charge in [0.1, 0.15) is 6.33 Å². The normalized spacial score (nSPS) is 16.4. The minimum absolute atomic E-state index is 0.0179. The Bertz CT molecular complexity index is 1050. The van der Waals surface area contributed by atoms with Crippen molar-refractivity contribution in [3.63, 3.8) is 0 Å². The molecule has 0 bridgehead atoms. The Hall–Kier alpha value is -3.46. The van der Waals surface area contributed by atoms with Gasteiger partial charge in [-0.2, -0.15) is 0 Å². The zero-order valence-corrected chi connectivity index (χ0v) is 17.7. The second-order valence-corrected chi connectivity index (χ2v) is 7.62. The number of nitrogens with zero attached hydrogens (tertiary/aromatic N) is 5. The largest absolute Gasteiger partial charge is 0.504 e. The lowest BCUT2D eigenvalue weighted by Gasteiger charge is -2.24. The third kappa shape index (κ3) is 4.83. The molecule has 9 nitrogen and oxygen atoms in total. The van der Waals surface area contributed by atoms with Crippen LogP contribution < -0.4 is 10.1 Å². The highest BCUT2D eigenvalue weighted by Crippen LogP contribution is 2.28. The molecule has 0 aliphatic carbocycles. The summed E-state index contributed by atoms with van der Waals surface area (Å²) < 4.78 is 6.84. The SMILES string of the molecule is COc1ccc(CN2CCCC2C(=O)NCc2cc(C)nc(-n3ccnc3)n2)cc1O. The summed E-state index contributed by atoms with van der Waals surface area (Å²) in [6, 6.07) is 7.00. The topological polar surface area (TPSA) is 105 Å². The number of aromatic nitrogens is 4. The van der Waals surface area contributed by atoms with Crippen molar-refractivity contribution >= 4 is 5.91 Å². The number of imidazole rings is 1. The monoisotopic (exact) mass is 422 g/mol. The molecule has 2 aromatic heterocycles. The molecular weight excluding hydrogens is 396 g/mol. The summed E-state index contributed by atoms with van der Waals surface area (Å²) in [7, 11) is 1.52. The number of carbonyl (C=O) groups is 1. The molecule has 0 spiro atoms. The minimum Gasteiger partial charge on any atom is -0.504 e. The summed E-state index contributed by atoms with van der Waals surface area (Å²) in [5.41, 5.74) is 2.51. The van der Waals surface area contributed by atoms with Crippen LogP contribution in [0.1, 0.15) is 29.8 Å². The zero-order valence-electron chi connectivity index (χ0n) is 17.7. The van der Waals surface area contributed by atoms with Crippen LogP contribution in [0.3, 0.4) is 0 Å². The zero-order chi connectivity index (χ0) is 21.8. The molecule has 1 fully saturated rings. The molecule has 1 aromatic carbocycles. The predicted octanol–water partition coefficient (Wildman–Crippen LogP) is 1.97. The number of ether oxygens (including phenoxy) is 1. The Labute approximate surface area is 180 Å². The van der Waals surface area contributed by atoms with Crippen molar-refractivity contribution in [3.8, 4) is 17.4 Å². The lowest BCUT2D eigenvalue weighted by molar-refractivity contribution is -0.125. The first-order valence-corrected chi connectivity index (χ1v) is 10.2. The Balaban J connectivity index is 1.39. The molecule has 31 heavy (non-hydrogen) atoms. The molecule has 3 aromatic rings. The van der Waals surface area contributed by atoms with Crippen molar-refractivity contribution < 1.29 is 14.6 Å². The van der Waals surface area contributed by atoms with Crippen LogP contribution in [-0.2, 0) is 17.9 Å². The summed E-state index contributed by atoms with van der Waals surface area (Å²) in [6.45, 7) is 3.66. The van der Waals surface area contributed by atoms with E-state index >= 15 is 0 Å². The fourth-order valence-electron chi connectivity index (χ4n) is 3.88. The number of methoxy groups -OCH3 is 1. The molecule has 1 aliphatic heterocycles. The van der Waals surface area contributed by atoms with Gasteiger partial charge in [0.25, 0.3) is 0 Å². The second kappa shape index (κ2) is 9.13. The Morgan fingerprint density at radius 1 is 1.32 bits per heavy atom. The third-order valence-electron chi connectivity index (χ3n) is 5.37. The van der Waals surface area contributed by atoms with Crippen LogP contribution >= 0.6 is 0 Å². The predicted molar refractivity (Wildman–Crippen MR) is 114 cm³/mol. The van der Waals surface area contributed by atoms with E-state index < -0.39 is 0 Å². The van der Waals surface area contributed by atoms with E-state index in [9.17, 15) is 9.90 Å². The van der Waals surface area contributed by atoms with E-state index in [4.69, 9.17) is 4.74 Å². The molecule has 1 saturated heterocycles. The molecule has 1 amide bonds. The van der Waals surface area contributed by atoms with Crippen molar-refractivity contribution in [2.24, 2.45) is 0 Å². The highest BCUT2D eigenvalue weighted by atomic mass is 16.5. The molecule has 1 aliphatic rings. The molecule has 162 valence electrons. The van der Waals surface area contributed by atoms with Gasteiger partial charge in [-0.15, -0.1) is 0 Å². The standard InChI is InChI=1S/C22H26N6O3/c1-15-10-17(26-22(25-15)28-9-7-23-14-28)12-24-21(30)18-4-3-8-27(18)13-16-5-6-20(31-2)19(29)11-16/h5-7,9-11,14,18,29H,3-4,8,12-13H2,1-2H3,(H,24,30). The number of hydrogen-bond acceptors (Lipinski definition) is 7. The average Bonchev–Trinajstić information content (AvgIpc) is 3.44. The van der Waals surface area contributed by atoms with Gasteiger partial charge < -0.3 is 15.2 Å². The highest BCUT2D eigenvalue weighted by molar-refractivity contribution is 5.82. The molecule has 0 saturated carbocycles. The Kier molecular flexibility index (Phi) is 6.13. The van der Waals surface area contributed by atoms with Crippen LogP contribution in [0, 0.1) is 6.92 Å². The van der Waals surface area contributed by atoms with E-state index in [1.165, 1.54) is 7.11 Å². The van der Waals surface area contributed by atoms with Crippen molar-refractivity contribution in [3.05, 3.63) is 59.9 Å². The van der Waals surface area contributed by atoms with Crippen LogP contribution in [0.5, 0.6) is 11.5 Å². The summed E-state index contributed by atoms with van der Waals surface area (Å²) in [6.07, 6.45) is 6.86. The van der Waals surface area contributed by atoms with Crippen molar-refractivity contribution in [1.82, 2.24) is 29.7 Å². The molecule has 0 radical (unpaired) electrons. The van der Waals surface area contributed by atoms with E-state index in [-0.39, 0.29) is 17.7 Å². The molecule has 9 heteroatoms. The summed E-state index contributed by atoms with van der Waals surface area (Å²) >= 11 is 0. The number of aromatic hydroxyl groups is 1. The Morgan fingerprint density at radius 2 is 2.19 bits per heavy atom. The van der Waals surface area contributed by atoms with E-state index in [1.54, 1.807) is 35.4 Å². The Morgan fingerprint density at radius 3 is 2.94 bits per heavy atom. The molecule has 2 N–H and O–H groups in total. The molecule has 1 unspecified atom stereocenters. The van der Waals surface area contributed by atoms with Crippen LogP contribution in [0.2, 0.25) is 0 Å². The lowest BCUT2D eigenvalue weighted by atomic mass is 10.1. The first-order chi connectivity index (χ1) is 15.0. The molecule has 4 rings (SSSR count). The number of carbonyl (C=O) groups excluding carboxylic acids is 1. The van der Waals surface area contributed by atoms with Crippen molar-refractivity contribution in [2.45, 2.75) is 38.9 Å². The number of amides is 1. The minimum atomic E-state index is -0.208. The number of hydrogen-bond donors (Lipinski definition) is 2. The maximum atomic E-state index is 12.9. The van der Waals surface area contributed by atoms with E-state index in [2.05, 4.69) is 25.2 Å². The van der Waals surface area contributed by atoms with Gasteiger partial charge in [-0.1, -0.05) is 6.07 Å². The van der Waals surface area contributed by atoms with Crippen LogP contribution in [0.4, 0.5) is 0 Å². The van der Waals surface area contributed by atoms with E-state index in [1.807, 2.05) is 19.1 Å². The van der Waals surface area contributed by atoms with E-state index in [0.717, 1.165) is 36.3 Å². The average molecular weight is 422 g/mol. The quantitative estimate of drug-likeness (QED) is 0.600. The first kappa shape index (κ1) is 20.8. The van der Waals surface area contributed by atoms with Gasteiger partial charge in [0.05, 0.1) is 25.4 Å². The van der Waals surface area contributed by atoms with Crippen molar-refractivity contribution in [1.29, 1.82) is 0 Å². The van der Waals surface area contributed by atoms with Gasteiger partial charge in [-0.05, 0) is 50.1 Å². The maximum Gasteiger partial charge on any atom is 0.237 e. The van der Waals surface area contributed by atoms with Crippen LogP contribution in [0.25, 0.3) is 5.95 Å². The number of likely N-dealkylation sites (tertiary alicyclic amines) is 1. The van der Waals surface area contributed by atoms with Gasteiger partial charge in [-0.3, -0.25) is 14.3 Å². The second-order valence-electron chi connectivity index (χ2n) is 7.62. The van der Waals surface area contributed by atoms with Gasteiger partial charge in [0.2, 0.25) is 11.9 Å². The molecule has 1 atom stereocenters. The number of phenols is 1. The maximum absolute atomic E-state index is 12.9. The molecular formula is C22H26N6O3. The first-order valence-electron chi connectivity index (χ1n) is 10.2. The van der Waals surface area contributed by atoms with E-state index in [0.29, 0.717) is 24.8 Å². The number of nitrogens with one attached hydrogen (secondary N) is 1. The summed E-state index contributed by atoms with van der Waals surface area (Å²) in [4.78, 5) is 28.0. The van der Waals surface area contributed by atoms with Crippen molar-refractivity contribution in [2.75, 3.05) is 13.7 Å². The number of aryl methyl sites for hydroxylation is 1. The fourth-order valence-corrected chi connectivity index (χ4v) is 3.88. The van der Waals surface area contributed by atoms with Gasteiger partial charge in [-0.25, -0.2) is 15.0 Å². The van der Waals surface area contributed by atoms with Gasteiger partial charge >= 0.3 is 0 Å². The molecule has 3 heterocycles. The number of benzene rings is 1. The summed E-state index contributed by atoms with van der Waals surface area (Å²) in [5.74, 6) is 1.06. The van der Waals surface area contributed by atoms with Gasteiger partial charge in [0, 0.05) is 24.6 Å². The fraction of sp³-hybridized carbons (Fsp3) is 0.364. The van der Waals surface area contributed by atoms with Crippen LogP contribution in [0.15, 0.2) is 43.0 Å². The smallest absolute Gasteiger partial charge is 0.237 e. The number of rotatable bonds is 7. The van der Waals surface area contributed by atoms with Gasteiger partial charge in [0.15, 0.2) is 11.5 Å².